The van der Waals surface area contributed by atoms with Crippen LogP contribution in [-0.2, 0) is 0 Å². The van der Waals surface area contributed by atoms with Gasteiger partial charge in [-0.15, -0.1) is 0 Å². The fraction of sp³-hybridized carbons (Fsp3) is 0.700. The average Bonchev–Trinajstić information content (AvgIpc) is 2.59. The fourth-order valence-corrected chi connectivity index (χ4v) is 1.91. The molecule has 0 aliphatic heterocycles. The highest BCUT2D eigenvalue weighted by Gasteiger charge is 2.44. The number of hydrogen-bond donors (Lipinski definition) is 0. The molecule has 0 spiro atoms. The van der Waals surface area contributed by atoms with Gasteiger partial charge in [0, 0.05) is 0 Å². The lowest BCUT2D eigenvalue weighted by molar-refractivity contribution is 0.430. The minimum atomic E-state index is 0.122. The van der Waals surface area contributed by atoms with Gasteiger partial charge in [-0.05, 0) is 38.0 Å². The molecule has 2 rings (SSSR count). The normalized spacial score (nSPS) is 26.8. The third-order valence-electron chi connectivity index (χ3n) is 2.88. The van der Waals surface area contributed by atoms with E-state index in [1.807, 2.05) is 0 Å². The van der Waals surface area contributed by atoms with Gasteiger partial charge in [-0.25, -0.2) is 0 Å². The van der Waals surface area contributed by atoms with Gasteiger partial charge in [0.2, 0.25) is 0 Å². The van der Waals surface area contributed by atoms with Gasteiger partial charge in [0.1, 0.15) is 0 Å². The van der Waals surface area contributed by atoms with Crippen molar-refractivity contribution >= 4 is 0 Å². The van der Waals surface area contributed by atoms with Crippen molar-refractivity contribution in [3.05, 3.63) is 12.2 Å². The molecule has 0 saturated heterocycles. The van der Waals surface area contributed by atoms with Crippen LogP contribution in [0.4, 0.5) is 0 Å². The second-order valence-corrected chi connectivity index (χ2v) is 3.91. The third kappa shape index (κ3) is 1.30. The molecule has 0 bridgehead atoms. The van der Waals surface area contributed by atoms with Crippen LogP contribution in [0.3, 0.4) is 0 Å². The number of allylic oxidation sites excluding steroid dienone is 2. The Labute approximate surface area is 67.7 Å². The van der Waals surface area contributed by atoms with Crippen molar-refractivity contribution in [2.75, 3.05) is 0 Å². The highest BCUT2D eigenvalue weighted by atomic mass is 14.5. The summed E-state index contributed by atoms with van der Waals surface area (Å²) in [5.41, 5.74) is 0.122. The van der Waals surface area contributed by atoms with Crippen molar-refractivity contribution in [3.8, 4) is 6.07 Å². The molecule has 0 heterocycles. The Kier molecular flexibility index (Phi) is 1.49. The van der Waals surface area contributed by atoms with Gasteiger partial charge in [0.15, 0.2) is 0 Å². The summed E-state index contributed by atoms with van der Waals surface area (Å²) in [6.45, 7) is 0. The molecule has 1 saturated carbocycles. The van der Waals surface area contributed by atoms with Gasteiger partial charge in [-0.3, -0.25) is 0 Å². The van der Waals surface area contributed by atoms with Crippen molar-refractivity contribution in [1.29, 1.82) is 5.26 Å². The monoisotopic (exact) mass is 147 g/mol. The third-order valence-corrected chi connectivity index (χ3v) is 2.88. The minimum absolute atomic E-state index is 0.122. The van der Waals surface area contributed by atoms with E-state index in [9.17, 15) is 0 Å². The fourth-order valence-electron chi connectivity index (χ4n) is 1.91. The van der Waals surface area contributed by atoms with Crippen LogP contribution in [0.2, 0.25) is 0 Å². The molecule has 0 atom stereocenters. The Morgan fingerprint density at radius 2 is 2.00 bits per heavy atom. The van der Waals surface area contributed by atoms with E-state index in [1.54, 1.807) is 0 Å². The predicted molar refractivity (Wildman–Crippen MR) is 43.8 cm³/mol. The molecule has 1 heteroatoms. The van der Waals surface area contributed by atoms with Crippen molar-refractivity contribution in [1.82, 2.24) is 0 Å². The van der Waals surface area contributed by atoms with Crippen LogP contribution in [0, 0.1) is 22.7 Å². The first-order chi connectivity index (χ1) is 5.35. The van der Waals surface area contributed by atoms with E-state index in [0.717, 1.165) is 25.2 Å². The highest BCUT2D eigenvalue weighted by molar-refractivity contribution is 5.11. The van der Waals surface area contributed by atoms with E-state index < -0.39 is 0 Å². The Bertz CT molecular complexity index is 210. The molecule has 2 aliphatic carbocycles. The lowest BCUT2D eigenvalue weighted by atomic mass is 9.91. The second-order valence-electron chi connectivity index (χ2n) is 3.91. The van der Waals surface area contributed by atoms with Gasteiger partial charge in [-0.2, -0.15) is 5.26 Å². The van der Waals surface area contributed by atoms with Crippen LogP contribution in [0.15, 0.2) is 12.2 Å². The van der Waals surface area contributed by atoms with Gasteiger partial charge in [0.05, 0.1) is 11.5 Å². The van der Waals surface area contributed by atoms with Crippen LogP contribution in [0.5, 0.6) is 0 Å². The molecular formula is C10H13N. The Morgan fingerprint density at radius 1 is 1.36 bits per heavy atom. The van der Waals surface area contributed by atoms with E-state index in [1.165, 1.54) is 12.8 Å². The Morgan fingerprint density at radius 3 is 2.45 bits per heavy atom. The van der Waals surface area contributed by atoms with Gasteiger partial charge in [-0.1, -0.05) is 12.2 Å². The standard InChI is InChI=1S/C10H13N/c11-8-10(5-6-10)7-9-3-1-2-4-9/h1-2,9H,3-7H2. The van der Waals surface area contributed by atoms with Gasteiger partial charge in [0.25, 0.3) is 0 Å². The lowest BCUT2D eigenvalue weighted by Gasteiger charge is -2.11. The van der Waals surface area contributed by atoms with Crippen molar-refractivity contribution < 1.29 is 0 Å². The lowest BCUT2D eigenvalue weighted by Crippen LogP contribution is -2.04. The molecule has 0 aromatic heterocycles. The molecule has 0 unspecified atom stereocenters. The maximum Gasteiger partial charge on any atom is 0.0689 e. The molecule has 0 N–H and O–H groups in total. The number of nitrogens with zero attached hydrogens (tertiary/aromatic N) is 1. The summed E-state index contributed by atoms with van der Waals surface area (Å²) in [4.78, 5) is 0. The van der Waals surface area contributed by atoms with E-state index in [2.05, 4.69) is 18.2 Å². The molecule has 11 heavy (non-hydrogen) atoms. The van der Waals surface area contributed by atoms with Gasteiger partial charge < -0.3 is 0 Å². The Hall–Kier alpha value is -0.770. The topological polar surface area (TPSA) is 23.8 Å². The van der Waals surface area contributed by atoms with Crippen molar-refractivity contribution in [3.63, 3.8) is 0 Å². The molecular weight excluding hydrogens is 134 g/mol. The van der Waals surface area contributed by atoms with E-state index >= 15 is 0 Å². The maximum absolute atomic E-state index is 8.85. The zero-order valence-electron chi connectivity index (χ0n) is 6.71. The van der Waals surface area contributed by atoms with Crippen LogP contribution < -0.4 is 0 Å². The summed E-state index contributed by atoms with van der Waals surface area (Å²) < 4.78 is 0. The average molecular weight is 147 g/mol. The van der Waals surface area contributed by atoms with Gasteiger partial charge >= 0.3 is 0 Å². The largest absolute Gasteiger partial charge is 0.198 e. The molecule has 1 nitrogen and oxygen atoms in total. The summed E-state index contributed by atoms with van der Waals surface area (Å²) in [7, 11) is 0. The highest BCUT2D eigenvalue weighted by Crippen LogP contribution is 2.51. The van der Waals surface area contributed by atoms with Crippen molar-refractivity contribution in [2.45, 2.75) is 32.1 Å². The first kappa shape index (κ1) is 6.91. The first-order valence-corrected chi connectivity index (χ1v) is 4.41. The quantitative estimate of drug-likeness (QED) is 0.551. The number of hydrogen-bond acceptors (Lipinski definition) is 1. The smallest absolute Gasteiger partial charge is 0.0689 e. The molecule has 0 aromatic rings. The second kappa shape index (κ2) is 2.37. The molecule has 0 amide bonds. The zero-order valence-corrected chi connectivity index (χ0v) is 6.71. The maximum atomic E-state index is 8.85. The molecule has 58 valence electrons. The van der Waals surface area contributed by atoms with Crippen molar-refractivity contribution in [2.24, 2.45) is 11.3 Å². The van der Waals surface area contributed by atoms with Crippen LogP contribution in [0.1, 0.15) is 32.1 Å². The molecule has 0 radical (unpaired) electrons. The predicted octanol–water partition coefficient (Wildman–Crippen LogP) is 2.65. The van der Waals surface area contributed by atoms with E-state index in [4.69, 9.17) is 5.26 Å². The number of rotatable bonds is 2. The minimum Gasteiger partial charge on any atom is -0.198 e. The first-order valence-electron chi connectivity index (χ1n) is 4.41. The molecule has 0 aromatic carbocycles. The van der Waals surface area contributed by atoms with Crippen LogP contribution in [-0.4, -0.2) is 0 Å². The summed E-state index contributed by atoms with van der Waals surface area (Å²) >= 11 is 0. The number of nitriles is 1. The molecule has 1 fully saturated rings. The van der Waals surface area contributed by atoms with Crippen LogP contribution in [0.25, 0.3) is 0 Å². The van der Waals surface area contributed by atoms with E-state index in [0.29, 0.717) is 0 Å². The summed E-state index contributed by atoms with van der Waals surface area (Å²) in [6, 6.07) is 2.45. The summed E-state index contributed by atoms with van der Waals surface area (Å²) in [6.07, 6.45) is 10.4. The van der Waals surface area contributed by atoms with Crippen LogP contribution >= 0.6 is 0 Å². The summed E-state index contributed by atoms with van der Waals surface area (Å²) in [5, 5.41) is 8.85. The molecule has 2 aliphatic rings. The SMILES string of the molecule is N#CC1(CC2CC=CC2)CC1. The summed E-state index contributed by atoms with van der Waals surface area (Å²) in [5.74, 6) is 0.789. The zero-order chi connectivity index (χ0) is 7.73. The van der Waals surface area contributed by atoms with E-state index in [-0.39, 0.29) is 5.41 Å². The Balaban J connectivity index is 1.87.